The first-order valence-corrected chi connectivity index (χ1v) is 6.42. The molecule has 2 aromatic carbocycles. The Morgan fingerprint density at radius 3 is 1.37 bits per heavy atom. The molecule has 0 spiro atoms. The third-order valence-electron chi connectivity index (χ3n) is 2.48. The standard InChI is InChI=1S/C14H12.C4H9.Li/c1-3-7-13(8-4-1)11-12-14-9-5-2-6-10-14;1-3-4-2;/h1-12H;3H,4H2,1-2H3;/q;-1;+1. The van der Waals surface area contributed by atoms with Gasteiger partial charge in [0, 0.05) is 0 Å². The molecule has 0 amide bonds. The zero-order valence-electron chi connectivity index (χ0n) is 12.2. The van der Waals surface area contributed by atoms with E-state index in [1.54, 1.807) is 0 Å². The molecule has 0 aliphatic carbocycles. The van der Waals surface area contributed by atoms with Crippen LogP contribution in [0, 0.1) is 6.42 Å². The smallest absolute Gasteiger partial charge is 0.332 e. The van der Waals surface area contributed by atoms with Crippen molar-refractivity contribution in [2.24, 2.45) is 0 Å². The van der Waals surface area contributed by atoms with Gasteiger partial charge in [0.05, 0.1) is 0 Å². The molecule has 0 saturated heterocycles. The van der Waals surface area contributed by atoms with E-state index in [4.69, 9.17) is 0 Å². The van der Waals surface area contributed by atoms with Crippen LogP contribution in [-0.4, -0.2) is 0 Å². The second-order valence-electron chi connectivity index (χ2n) is 3.97. The van der Waals surface area contributed by atoms with Crippen LogP contribution in [0.4, 0.5) is 0 Å². The Balaban J connectivity index is 0.000000576. The van der Waals surface area contributed by atoms with Gasteiger partial charge in [-0.2, -0.15) is 13.3 Å². The summed E-state index contributed by atoms with van der Waals surface area (Å²) in [7, 11) is 0. The number of benzene rings is 2. The summed E-state index contributed by atoms with van der Waals surface area (Å²) >= 11 is 0. The van der Waals surface area contributed by atoms with Crippen molar-refractivity contribution in [3.63, 3.8) is 0 Å². The largest absolute Gasteiger partial charge is 1.00 e. The summed E-state index contributed by atoms with van der Waals surface area (Å²) in [5, 5.41) is 0. The number of hydrogen-bond donors (Lipinski definition) is 0. The summed E-state index contributed by atoms with van der Waals surface area (Å²) in [6.07, 6.45) is 7.56. The molecule has 1 heteroatoms. The van der Waals surface area contributed by atoms with Crippen LogP contribution in [-0.2, 0) is 0 Å². The van der Waals surface area contributed by atoms with E-state index in [0.717, 1.165) is 0 Å². The summed E-state index contributed by atoms with van der Waals surface area (Å²) in [4.78, 5) is 0. The van der Waals surface area contributed by atoms with Crippen molar-refractivity contribution in [2.75, 3.05) is 0 Å². The average Bonchev–Trinajstić information content (AvgIpc) is 2.47. The molecular weight excluding hydrogens is 223 g/mol. The van der Waals surface area contributed by atoms with E-state index >= 15 is 0 Å². The van der Waals surface area contributed by atoms with Gasteiger partial charge in [-0.15, -0.1) is 0 Å². The molecular formula is C18H21Li. The first-order valence-electron chi connectivity index (χ1n) is 6.42. The van der Waals surface area contributed by atoms with Gasteiger partial charge >= 0.3 is 18.9 Å². The minimum atomic E-state index is 0. The van der Waals surface area contributed by atoms with E-state index in [9.17, 15) is 0 Å². The second kappa shape index (κ2) is 11.8. The van der Waals surface area contributed by atoms with Crippen molar-refractivity contribution in [1.82, 2.24) is 0 Å². The summed E-state index contributed by atoms with van der Waals surface area (Å²) < 4.78 is 0. The molecule has 0 radical (unpaired) electrons. The molecule has 0 saturated carbocycles. The van der Waals surface area contributed by atoms with Gasteiger partial charge in [0.2, 0.25) is 0 Å². The van der Waals surface area contributed by atoms with Crippen LogP contribution in [0.2, 0.25) is 0 Å². The summed E-state index contributed by atoms with van der Waals surface area (Å²) in [5.74, 6) is 0. The number of hydrogen-bond acceptors (Lipinski definition) is 0. The van der Waals surface area contributed by atoms with Crippen LogP contribution in [0.15, 0.2) is 60.7 Å². The number of rotatable bonds is 3. The molecule has 0 bridgehead atoms. The quantitative estimate of drug-likeness (QED) is 0.442. The zero-order valence-corrected chi connectivity index (χ0v) is 12.2. The van der Waals surface area contributed by atoms with Crippen LogP contribution in [0.1, 0.15) is 31.4 Å². The van der Waals surface area contributed by atoms with E-state index in [1.807, 2.05) is 36.4 Å². The van der Waals surface area contributed by atoms with Crippen molar-refractivity contribution in [2.45, 2.75) is 20.3 Å². The van der Waals surface area contributed by atoms with Gasteiger partial charge < -0.3 is 6.42 Å². The minimum absolute atomic E-state index is 0. The van der Waals surface area contributed by atoms with Gasteiger partial charge in [0.1, 0.15) is 0 Å². The Morgan fingerprint density at radius 2 is 1.11 bits per heavy atom. The molecule has 0 aliphatic heterocycles. The predicted octanol–water partition coefficient (Wildman–Crippen LogP) is 2.48. The van der Waals surface area contributed by atoms with Crippen LogP contribution in [0.3, 0.4) is 0 Å². The van der Waals surface area contributed by atoms with Crippen LogP contribution >= 0.6 is 0 Å². The van der Waals surface area contributed by atoms with Crippen molar-refractivity contribution >= 4 is 12.2 Å². The first-order chi connectivity index (χ1) is 8.86. The average molecular weight is 244 g/mol. The van der Waals surface area contributed by atoms with Crippen LogP contribution < -0.4 is 18.9 Å². The Hall–Kier alpha value is -1.22. The van der Waals surface area contributed by atoms with E-state index in [0.29, 0.717) is 0 Å². The maximum atomic E-state index is 2.12. The van der Waals surface area contributed by atoms with Crippen molar-refractivity contribution in [1.29, 1.82) is 0 Å². The number of unbranched alkanes of at least 4 members (excludes halogenated alkanes) is 1. The third-order valence-corrected chi connectivity index (χ3v) is 2.48. The minimum Gasteiger partial charge on any atom is -0.332 e. The Kier molecular flexibility index (Phi) is 11.1. The molecule has 2 rings (SSSR count). The topological polar surface area (TPSA) is 0 Å². The van der Waals surface area contributed by atoms with Gasteiger partial charge in [-0.25, -0.2) is 0 Å². The normalized spacial score (nSPS) is 9.37. The first kappa shape index (κ1) is 17.8. The summed E-state index contributed by atoms with van der Waals surface area (Å²) in [6, 6.07) is 20.6. The fourth-order valence-electron chi connectivity index (χ4n) is 1.32. The molecule has 0 nitrogen and oxygen atoms in total. The molecule has 0 aliphatic rings. The molecule has 0 N–H and O–H groups in total. The predicted molar refractivity (Wildman–Crippen MR) is 82.1 cm³/mol. The summed E-state index contributed by atoms with van der Waals surface area (Å²) in [6.45, 7) is 4.18. The van der Waals surface area contributed by atoms with Crippen molar-refractivity contribution in [3.8, 4) is 0 Å². The monoisotopic (exact) mass is 244 g/mol. The SMILES string of the molecule is C(=Cc1ccccc1)c1ccccc1.C[CH-]CC.[Li+]. The molecule has 94 valence electrons. The van der Waals surface area contributed by atoms with E-state index in [2.05, 4.69) is 56.7 Å². The molecule has 0 atom stereocenters. The van der Waals surface area contributed by atoms with Gasteiger partial charge in [-0.3, -0.25) is 0 Å². The third kappa shape index (κ3) is 8.49. The van der Waals surface area contributed by atoms with Crippen molar-refractivity contribution in [3.05, 3.63) is 78.2 Å². The second-order valence-corrected chi connectivity index (χ2v) is 3.97. The summed E-state index contributed by atoms with van der Waals surface area (Å²) in [5.41, 5.74) is 2.47. The molecule has 0 fully saturated rings. The molecule has 0 heterocycles. The fourth-order valence-corrected chi connectivity index (χ4v) is 1.32. The molecule has 0 unspecified atom stereocenters. The molecule has 0 aromatic heterocycles. The fraction of sp³-hybridized carbons (Fsp3) is 0.167. The van der Waals surface area contributed by atoms with E-state index < -0.39 is 0 Å². The maximum Gasteiger partial charge on any atom is 1.00 e. The van der Waals surface area contributed by atoms with E-state index in [1.165, 1.54) is 17.5 Å². The van der Waals surface area contributed by atoms with Crippen LogP contribution in [0.5, 0.6) is 0 Å². The van der Waals surface area contributed by atoms with Crippen LogP contribution in [0.25, 0.3) is 12.2 Å². The molecule has 19 heavy (non-hydrogen) atoms. The zero-order chi connectivity index (χ0) is 13.1. The van der Waals surface area contributed by atoms with Gasteiger partial charge in [0.15, 0.2) is 0 Å². The molecule has 2 aromatic rings. The maximum absolute atomic E-state index is 2.12. The Labute approximate surface area is 129 Å². The Bertz CT molecular complexity index is 388. The van der Waals surface area contributed by atoms with E-state index in [-0.39, 0.29) is 18.9 Å². The van der Waals surface area contributed by atoms with Gasteiger partial charge in [-0.05, 0) is 11.1 Å². The Morgan fingerprint density at radius 1 is 0.789 bits per heavy atom. The van der Waals surface area contributed by atoms with Gasteiger partial charge in [0.25, 0.3) is 0 Å². The van der Waals surface area contributed by atoms with Gasteiger partial charge in [-0.1, -0.05) is 79.7 Å². The van der Waals surface area contributed by atoms with Crippen molar-refractivity contribution < 1.29 is 18.9 Å².